The van der Waals surface area contributed by atoms with Crippen molar-refractivity contribution in [2.45, 2.75) is 32.6 Å². The number of amides is 1. The molecule has 2 aromatic rings. The Hall–Kier alpha value is -2.09. The number of hydrogen-bond donors (Lipinski definition) is 1. The minimum Gasteiger partial charge on any atom is -0.352 e. The summed E-state index contributed by atoms with van der Waals surface area (Å²) in [6.45, 7) is 7.29. The van der Waals surface area contributed by atoms with E-state index in [1.54, 1.807) is 0 Å². The normalized spacial score (nSPS) is 11.2. The van der Waals surface area contributed by atoms with Crippen molar-refractivity contribution in [3.8, 4) is 0 Å². The molecule has 0 radical (unpaired) electrons. The third kappa shape index (κ3) is 4.45. The van der Waals surface area contributed by atoms with Crippen LogP contribution in [0.15, 0.2) is 54.6 Å². The fraction of sp³-hybridized carbons (Fsp3) is 0.316. The van der Waals surface area contributed by atoms with Crippen molar-refractivity contribution < 1.29 is 4.79 Å². The molecule has 2 aromatic carbocycles. The van der Waals surface area contributed by atoms with Gasteiger partial charge >= 0.3 is 0 Å². The molecule has 0 atom stereocenters. The van der Waals surface area contributed by atoms with Gasteiger partial charge in [0.2, 0.25) is 0 Å². The first-order valence-corrected chi connectivity index (χ1v) is 7.39. The highest BCUT2D eigenvalue weighted by atomic mass is 16.1. The molecule has 110 valence electrons. The van der Waals surface area contributed by atoms with Crippen LogP contribution >= 0.6 is 0 Å². The van der Waals surface area contributed by atoms with Crippen molar-refractivity contribution in [2.75, 3.05) is 6.54 Å². The summed E-state index contributed by atoms with van der Waals surface area (Å²) in [5.41, 5.74) is 3.47. The molecule has 0 saturated heterocycles. The Bertz CT molecular complexity index is 579. The molecule has 1 amide bonds. The molecule has 0 aliphatic carbocycles. The highest BCUT2D eigenvalue weighted by Gasteiger charge is 2.12. The van der Waals surface area contributed by atoms with Crippen molar-refractivity contribution in [2.24, 2.45) is 0 Å². The van der Waals surface area contributed by atoms with E-state index >= 15 is 0 Å². The Morgan fingerprint density at radius 2 is 1.57 bits per heavy atom. The van der Waals surface area contributed by atoms with Crippen molar-refractivity contribution in [1.82, 2.24) is 5.32 Å². The van der Waals surface area contributed by atoms with Gasteiger partial charge in [-0.05, 0) is 35.1 Å². The zero-order valence-corrected chi connectivity index (χ0v) is 13.0. The molecule has 2 heteroatoms. The maximum absolute atomic E-state index is 11.9. The lowest BCUT2D eigenvalue weighted by Gasteiger charge is -2.19. The van der Waals surface area contributed by atoms with Gasteiger partial charge in [-0.2, -0.15) is 0 Å². The van der Waals surface area contributed by atoms with Crippen LogP contribution in [0.3, 0.4) is 0 Å². The molecular weight excluding hydrogens is 258 g/mol. The topological polar surface area (TPSA) is 29.1 Å². The first-order chi connectivity index (χ1) is 9.97. The molecule has 21 heavy (non-hydrogen) atoms. The van der Waals surface area contributed by atoms with Crippen LogP contribution in [0, 0.1) is 0 Å². The number of benzene rings is 2. The summed E-state index contributed by atoms with van der Waals surface area (Å²) < 4.78 is 0. The molecule has 0 heterocycles. The largest absolute Gasteiger partial charge is 0.352 e. The standard InChI is InChI=1S/C19H23NO/c1-19(2,3)17-11-9-15(10-12-17)13-14-20-18(21)16-7-5-4-6-8-16/h4-12H,13-14H2,1-3H3,(H,20,21). The summed E-state index contributed by atoms with van der Waals surface area (Å²) >= 11 is 0. The molecule has 0 aliphatic heterocycles. The predicted octanol–water partition coefficient (Wildman–Crippen LogP) is 3.96. The molecular formula is C19H23NO. The summed E-state index contributed by atoms with van der Waals surface area (Å²) in [7, 11) is 0. The summed E-state index contributed by atoms with van der Waals surface area (Å²) in [6.07, 6.45) is 0.850. The Morgan fingerprint density at radius 3 is 2.14 bits per heavy atom. The van der Waals surface area contributed by atoms with Gasteiger partial charge in [0, 0.05) is 12.1 Å². The lowest BCUT2D eigenvalue weighted by atomic mass is 9.86. The van der Waals surface area contributed by atoms with Crippen LogP contribution in [0.1, 0.15) is 42.3 Å². The second-order valence-electron chi connectivity index (χ2n) is 6.32. The van der Waals surface area contributed by atoms with Gasteiger partial charge in [0.1, 0.15) is 0 Å². The molecule has 0 saturated carbocycles. The van der Waals surface area contributed by atoms with Gasteiger partial charge in [-0.15, -0.1) is 0 Å². The van der Waals surface area contributed by atoms with E-state index < -0.39 is 0 Å². The fourth-order valence-corrected chi connectivity index (χ4v) is 2.18. The van der Waals surface area contributed by atoms with E-state index in [-0.39, 0.29) is 11.3 Å². The number of nitrogens with one attached hydrogen (secondary N) is 1. The fourth-order valence-electron chi connectivity index (χ4n) is 2.18. The summed E-state index contributed by atoms with van der Waals surface area (Å²) in [6, 6.07) is 18.0. The molecule has 0 bridgehead atoms. The second kappa shape index (κ2) is 6.57. The van der Waals surface area contributed by atoms with Crippen LogP contribution in [0.25, 0.3) is 0 Å². The van der Waals surface area contributed by atoms with E-state index in [2.05, 4.69) is 50.4 Å². The SMILES string of the molecule is CC(C)(C)c1ccc(CCNC(=O)c2ccccc2)cc1. The van der Waals surface area contributed by atoms with Crippen LogP contribution in [0.4, 0.5) is 0 Å². The van der Waals surface area contributed by atoms with E-state index in [1.807, 2.05) is 30.3 Å². The van der Waals surface area contributed by atoms with Gasteiger partial charge < -0.3 is 5.32 Å². The van der Waals surface area contributed by atoms with Gasteiger partial charge in [0.25, 0.3) is 5.91 Å². The Labute approximate surface area is 127 Å². The summed E-state index contributed by atoms with van der Waals surface area (Å²) in [4.78, 5) is 11.9. The zero-order chi connectivity index (χ0) is 15.3. The van der Waals surface area contributed by atoms with Gasteiger partial charge in [-0.1, -0.05) is 63.2 Å². The molecule has 2 rings (SSSR count). The summed E-state index contributed by atoms with van der Waals surface area (Å²) in [5, 5.41) is 2.95. The van der Waals surface area contributed by atoms with Crippen LogP contribution in [-0.2, 0) is 11.8 Å². The van der Waals surface area contributed by atoms with Gasteiger partial charge in [0.15, 0.2) is 0 Å². The molecule has 0 spiro atoms. The lowest BCUT2D eigenvalue weighted by molar-refractivity contribution is 0.0954. The lowest BCUT2D eigenvalue weighted by Crippen LogP contribution is -2.25. The van der Waals surface area contributed by atoms with Crippen molar-refractivity contribution >= 4 is 5.91 Å². The van der Waals surface area contributed by atoms with Gasteiger partial charge in [0.05, 0.1) is 0 Å². The van der Waals surface area contributed by atoms with Crippen LogP contribution in [0.5, 0.6) is 0 Å². The van der Waals surface area contributed by atoms with E-state index in [0.29, 0.717) is 12.1 Å². The van der Waals surface area contributed by atoms with Crippen LogP contribution in [-0.4, -0.2) is 12.5 Å². The first kappa shape index (κ1) is 15.3. The van der Waals surface area contributed by atoms with Crippen molar-refractivity contribution in [3.63, 3.8) is 0 Å². The number of rotatable bonds is 4. The smallest absolute Gasteiger partial charge is 0.251 e. The molecule has 0 aliphatic rings. The Balaban J connectivity index is 1.85. The molecule has 2 nitrogen and oxygen atoms in total. The monoisotopic (exact) mass is 281 g/mol. The summed E-state index contributed by atoms with van der Waals surface area (Å²) in [5.74, 6) is -0.0121. The van der Waals surface area contributed by atoms with E-state index in [1.165, 1.54) is 11.1 Å². The van der Waals surface area contributed by atoms with Gasteiger partial charge in [-0.3, -0.25) is 4.79 Å². The maximum atomic E-state index is 11.9. The minimum absolute atomic E-state index is 0.0121. The van der Waals surface area contributed by atoms with E-state index in [4.69, 9.17) is 0 Å². The average Bonchev–Trinajstić information content (AvgIpc) is 2.47. The maximum Gasteiger partial charge on any atom is 0.251 e. The second-order valence-corrected chi connectivity index (χ2v) is 6.32. The number of carbonyl (C=O) groups is 1. The zero-order valence-electron chi connectivity index (χ0n) is 13.0. The van der Waals surface area contributed by atoms with Gasteiger partial charge in [-0.25, -0.2) is 0 Å². The third-order valence-corrected chi connectivity index (χ3v) is 3.56. The Kier molecular flexibility index (Phi) is 4.79. The number of carbonyl (C=O) groups excluding carboxylic acids is 1. The molecule has 0 aromatic heterocycles. The highest BCUT2D eigenvalue weighted by Crippen LogP contribution is 2.22. The minimum atomic E-state index is -0.0121. The number of hydrogen-bond acceptors (Lipinski definition) is 1. The van der Waals surface area contributed by atoms with Crippen LogP contribution in [0.2, 0.25) is 0 Å². The average molecular weight is 281 g/mol. The predicted molar refractivity (Wildman–Crippen MR) is 87.6 cm³/mol. The molecule has 1 N–H and O–H groups in total. The first-order valence-electron chi connectivity index (χ1n) is 7.39. The third-order valence-electron chi connectivity index (χ3n) is 3.56. The van der Waals surface area contributed by atoms with Crippen LogP contribution < -0.4 is 5.32 Å². The highest BCUT2D eigenvalue weighted by molar-refractivity contribution is 5.94. The van der Waals surface area contributed by atoms with Crippen molar-refractivity contribution in [1.29, 1.82) is 0 Å². The molecule has 0 fully saturated rings. The quantitative estimate of drug-likeness (QED) is 0.903. The van der Waals surface area contributed by atoms with Crippen molar-refractivity contribution in [3.05, 3.63) is 71.3 Å². The Morgan fingerprint density at radius 1 is 0.952 bits per heavy atom. The van der Waals surface area contributed by atoms with E-state index in [0.717, 1.165) is 6.42 Å². The van der Waals surface area contributed by atoms with E-state index in [9.17, 15) is 4.79 Å². The molecule has 0 unspecified atom stereocenters.